The minimum absolute atomic E-state index is 0.0135. The lowest BCUT2D eigenvalue weighted by Crippen LogP contribution is -2.23. The Bertz CT molecular complexity index is 1270. The number of hydrogen-bond donors (Lipinski definition) is 1. The van der Waals surface area contributed by atoms with E-state index in [1.54, 1.807) is 29.1 Å². The maximum atomic E-state index is 12.3. The van der Waals surface area contributed by atoms with Crippen LogP contribution >= 0.6 is 0 Å². The van der Waals surface area contributed by atoms with Gasteiger partial charge in [0.1, 0.15) is 11.4 Å². The van der Waals surface area contributed by atoms with Crippen molar-refractivity contribution in [2.75, 3.05) is 0 Å². The first-order chi connectivity index (χ1) is 15.5. The zero-order valence-corrected chi connectivity index (χ0v) is 18.5. The van der Waals surface area contributed by atoms with Gasteiger partial charge in [0, 0.05) is 41.5 Å². The van der Waals surface area contributed by atoms with Crippen molar-refractivity contribution in [1.29, 1.82) is 0 Å². The highest BCUT2D eigenvalue weighted by atomic mass is 16.5. The summed E-state index contributed by atoms with van der Waals surface area (Å²) < 4.78 is 7.35. The highest BCUT2D eigenvalue weighted by molar-refractivity contribution is 5.67. The highest BCUT2D eigenvalue weighted by Crippen LogP contribution is 2.27. The minimum Gasteiger partial charge on any atom is -0.354 e. The first-order valence-electron chi connectivity index (χ1n) is 10.9. The molecule has 0 aliphatic heterocycles. The first-order valence-corrected chi connectivity index (χ1v) is 10.9. The molecule has 2 N–H and O–H groups in total. The van der Waals surface area contributed by atoms with E-state index in [1.807, 2.05) is 43.5 Å². The second kappa shape index (κ2) is 9.28. The van der Waals surface area contributed by atoms with Crippen molar-refractivity contribution in [3.63, 3.8) is 0 Å². The Hall–Kier alpha value is -3.58. The topological polar surface area (TPSA) is 99.8 Å². The molecule has 0 spiro atoms. The number of nitrogens with two attached hydrogens (primary N) is 1. The van der Waals surface area contributed by atoms with E-state index in [9.17, 15) is 4.79 Å². The van der Waals surface area contributed by atoms with Crippen LogP contribution in [-0.4, -0.2) is 19.7 Å². The molecule has 0 bridgehead atoms. The summed E-state index contributed by atoms with van der Waals surface area (Å²) in [6.45, 7) is 6.11. The highest BCUT2D eigenvalue weighted by Gasteiger charge is 2.14. The molecule has 0 fully saturated rings. The van der Waals surface area contributed by atoms with Gasteiger partial charge in [-0.05, 0) is 37.5 Å². The van der Waals surface area contributed by atoms with Crippen molar-refractivity contribution in [2.24, 2.45) is 5.73 Å². The van der Waals surface area contributed by atoms with E-state index in [1.165, 1.54) is 0 Å². The van der Waals surface area contributed by atoms with Crippen LogP contribution in [0.2, 0.25) is 0 Å². The molecule has 0 amide bonds. The predicted molar refractivity (Wildman–Crippen MR) is 125 cm³/mol. The fourth-order valence-corrected chi connectivity index (χ4v) is 3.76. The molecule has 0 radical (unpaired) electrons. The van der Waals surface area contributed by atoms with Crippen LogP contribution in [0, 0.1) is 0 Å². The average Bonchev–Trinajstić information content (AvgIpc) is 3.32. The summed E-state index contributed by atoms with van der Waals surface area (Å²) in [5, 5.41) is 4.21. The van der Waals surface area contributed by atoms with Gasteiger partial charge < -0.3 is 14.8 Å². The molecule has 1 atom stereocenters. The molecule has 0 saturated carbocycles. The smallest absolute Gasteiger partial charge is 0.250 e. The van der Waals surface area contributed by atoms with Crippen LogP contribution in [-0.2, 0) is 0 Å². The van der Waals surface area contributed by atoms with Crippen LogP contribution in [0.15, 0.2) is 70.4 Å². The van der Waals surface area contributed by atoms with Gasteiger partial charge in [-0.15, -0.1) is 0 Å². The molecule has 4 aromatic rings. The van der Waals surface area contributed by atoms with E-state index in [2.05, 4.69) is 24.0 Å². The van der Waals surface area contributed by atoms with Gasteiger partial charge in [0.15, 0.2) is 5.76 Å². The van der Waals surface area contributed by atoms with Gasteiger partial charge in [0.2, 0.25) is 0 Å². The second-order valence-corrected chi connectivity index (χ2v) is 7.91. The Morgan fingerprint density at radius 1 is 1.00 bits per heavy atom. The van der Waals surface area contributed by atoms with Crippen LogP contribution in [0.25, 0.3) is 34.0 Å². The predicted octanol–water partition coefficient (Wildman–Crippen LogP) is 5.01. The quantitative estimate of drug-likeness (QED) is 0.443. The van der Waals surface area contributed by atoms with Crippen molar-refractivity contribution in [2.45, 2.75) is 45.7 Å². The SMILES string of the molecule is CCC(CC)n1cc(-c2cncc(-c3cc(-c4cccc(C(C)N)c4)no3)n2)ccc1=O. The van der Waals surface area contributed by atoms with E-state index < -0.39 is 0 Å². The zero-order valence-electron chi connectivity index (χ0n) is 18.5. The van der Waals surface area contributed by atoms with E-state index in [-0.39, 0.29) is 17.6 Å². The summed E-state index contributed by atoms with van der Waals surface area (Å²) in [5.74, 6) is 0.522. The maximum absolute atomic E-state index is 12.3. The number of aromatic nitrogens is 4. The van der Waals surface area contributed by atoms with Gasteiger partial charge >= 0.3 is 0 Å². The van der Waals surface area contributed by atoms with Crippen molar-refractivity contribution >= 4 is 0 Å². The van der Waals surface area contributed by atoms with Crippen LogP contribution in [0.5, 0.6) is 0 Å². The fourth-order valence-electron chi connectivity index (χ4n) is 3.76. The van der Waals surface area contributed by atoms with Crippen LogP contribution in [0.1, 0.15) is 51.3 Å². The lowest BCUT2D eigenvalue weighted by Gasteiger charge is -2.17. The number of benzene rings is 1. The maximum Gasteiger partial charge on any atom is 0.250 e. The Morgan fingerprint density at radius 2 is 1.78 bits per heavy atom. The van der Waals surface area contributed by atoms with E-state index in [4.69, 9.17) is 15.2 Å². The summed E-state index contributed by atoms with van der Waals surface area (Å²) in [5.41, 5.74) is 10.7. The van der Waals surface area contributed by atoms with Crippen molar-refractivity contribution < 1.29 is 4.52 Å². The summed E-state index contributed by atoms with van der Waals surface area (Å²) >= 11 is 0. The van der Waals surface area contributed by atoms with E-state index in [0.29, 0.717) is 22.8 Å². The standard InChI is InChI=1S/C25H27N5O2/c1-4-20(5-2)30-15-19(9-10-25(30)31)22-13-27-14-23(28-22)24-12-21(29-32-24)18-8-6-7-17(11-18)16(3)26/h6-16,20H,4-5,26H2,1-3H3. The third-order valence-electron chi connectivity index (χ3n) is 5.68. The molecule has 4 rings (SSSR count). The van der Waals surface area contributed by atoms with Gasteiger partial charge in [-0.3, -0.25) is 9.78 Å². The molecule has 0 aliphatic carbocycles. The third kappa shape index (κ3) is 4.38. The van der Waals surface area contributed by atoms with Crippen LogP contribution in [0.3, 0.4) is 0 Å². The van der Waals surface area contributed by atoms with Crippen molar-refractivity contribution in [3.05, 3.63) is 77.0 Å². The van der Waals surface area contributed by atoms with Crippen LogP contribution in [0.4, 0.5) is 0 Å². The van der Waals surface area contributed by atoms with Crippen molar-refractivity contribution in [3.8, 4) is 34.0 Å². The Balaban J connectivity index is 1.67. The number of nitrogens with zero attached hydrogens (tertiary/aromatic N) is 4. The zero-order chi connectivity index (χ0) is 22.7. The summed E-state index contributed by atoms with van der Waals surface area (Å²) in [6.07, 6.45) is 6.96. The molecule has 32 heavy (non-hydrogen) atoms. The Kier molecular flexibility index (Phi) is 6.28. The molecule has 3 aromatic heterocycles. The molecule has 3 heterocycles. The third-order valence-corrected chi connectivity index (χ3v) is 5.68. The number of hydrogen-bond acceptors (Lipinski definition) is 6. The summed E-state index contributed by atoms with van der Waals surface area (Å²) in [7, 11) is 0. The lowest BCUT2D eigenvalue weighted by molar-refractivity contribution is 0.433. The first kappa shape index (κ1) is 21.6. The molecule has 7 nitrogen and oxygen atoms in total. The van der Waals surface area contributed by atoms with Crippen molar-refractivity contribution in [1.82, 2.24) is 19.7 Å². The average molecular weight is 430 g/mol. The molecular formula is C25H27N5O2. The van der Waals surface area contributed by atoms with Gasteiger partial charge in [-0.1, -0.05) is 37.2 Å². The second-order valence-electron chi connectivity index (χ2n) is 7.91. The van der Waals surface area contributed by atoms with Crippen LogP contribution < -0.4 is 11.3 Å². The summed E-state index contributed by atoms with van der Waals surface area (Å²) in [6, 6.07) is 13.2. The molecule has 0 saturated heterocycles. The minimum atomic E-state index is -0.0628. The summed E-state index contributed by atoms with van der Waals surface area (Å²) in [4.78, 5) is 21.4. The molecule has 7 heteroatoms. The van der Waals surface area contributed by atoms with Gasteiger partial charge in [0.25, 0.3) is 5.56 Å². The molecule has 164 valence electrons. The van der Waals surface area contributed by atoms with Gasteiger partial charge in [-0.25, -0.2) is 4.98 Å². The van der Waals surface area contributed by atoms with E-state index in [0.717, 1.165) is 29.5 Å². The molecule has 0 aliphatic rings. The van der Waals surface area contributed by atoms with Gasteiger partial charge in [-0.2, -0.15) is 0 Å². The molecule has 1 unspecified atom stereocenters. The van der Waals surface area contributed by atoms with E-state index >= 15 is 0 Å². The number of pyridine rings is 1. The number of rotatable bonds is 7. The lowest BCUT2D eigenvalue weighted by atomic mass is 10.0. The molecule has 1 aromatic carbocycles. The largest absolute Gasteiger partial charge is 0.354 e. The Labute approximate surface area is 186 Å². The van der Waals surface area contributed by atoms with Gasteiger partial charge in [0.05, 0.1) is 18.1 Å². The molecular weight excluding hydrogens is 402 g/mol. The monoisotopic (exact) mass is 429 g/mol. The Morgan fingerprint density at radius 3 is 2.53 bits per heavy atom. The normalized spacial score (nSPS) is 12.3. The fraction of sp³-hybridized carbons (Fsp3) is 0.280.